The zero-order valence-electron chi connectivity index (χ0n) is 51.8. The van der Waals surface area contributed by atoms with Gasteiger partial charge in [-0.3, -0.25) is 9.59 Å². The van der Waals surface area contributed by atoms with E-state index in [2.05, 4.69) is 26.8 Å². The van der Waals surface area contributed by atoms with Crippen molar-refractivity contribution in [2.24, 2.45) is 50.2 Å². The van der Waals surface area contributed by atoms with E-state index in [4.69, 9.17) is 52.1 Å². The van der Waals surface area contributed by atoms with Crippen LogP contribution in [-0.2, 0) is 76.1 Å². The molecule has 30 atom stereocenters. The van der Waals surface area contributed by atoms with Gasteiger partial charge in [-0.15, -0.1) is 0 Å². The molecule has 28 nitrogen and oxygen atoms in total. The molecule has 4 saturated carbocycles. The van der Waals surface area contributed by atoms with Crippen LogP contribution in [-0.4, -0.2) is 253 Å². The zero-order valence-corrected chi connectivity index (χ0v) is 51.8. The fourth-order valence-electron chi connectivity index (χ4n) is 17.2. The molecule has 0 aromatic rings. The third-order valence-electron chi connectivity index (χ3n) is 22.5. The molecule has 2 unspecified atom stereocenters. The minimum atomic E-state index is -2.29. The Hall–Kier alpha value is -3.73. The van der Waals surface area contributed by atoms with E-state index in [1.807, 2.05) is 13.8 Å². The molecule has 8 fully saturated rings. The highest BCUT2D eigenvalue weighted by molar-refractivity contribution is 5.87. The molecule has 0 spiro atoms. The summed E-state index contributed by atoms with van der Waals surface area (Å²) in [5.41, 5.74) is -4.65. The van der Waals surface area contributed by atoms with Crippen molar-refractivity contribution in [2.75, 3.05) is 26.4 Å². The maximum atomic E-state index is 14.3. The Bertz CT molecular complexity index is 2670. The number of carbonyl (C=O) groups excluding carboxylic acids is 4. The molecule has 28 heteroatoms. The van der Waals surface area contributed by atoms with Gasteiger partial charge in [0.2, 0.25) is 0 Å². The number of aliphatic carboxylic acids is 1. The van der Waals surface area contributed by atoms with E-state index in [1.54, 1.807) is 26.8 Å². The van der Waals surface area contributed by atoms with E-state index in [0.717, 1.165) is 11.9 Å². The summed E-state index contributed by atoms with van der Waals surface area (Å²) in [5.74, 6) is -4.97. The molecule has 89 heavy (non-hydrogen) atoms. The fraction of sp³-hybridized carbons (Fsp3) is 0.852. The van der Waals surface area contributed by atoms with Crippen molar-refractivity contribution in [3.8, 4) is 0 Å². The maximum Gasteiger partial charge on any atom is 0.335 e. The minimum Gasteiger partial charge on any atom is -0.479 e. The number of esters is 3. The first-order valence-electron chi connectivity index (χ1n) is 30.7. The van der Waals surface area contributed by atoms with Crippen molar-refractivity contribution in [1.82, 2.24) is 0 Å². The Morgan fingerprint density at radius 3 is 1.90 bits per heavy atom. The summed E-state index contributed by atoms with van der Waals surface area (Å²) < 4.78 is 66.6. The summed E-state index contributed by atoms with van der Waals surface area (Å²) in [7, 11) is 0. The predicted molar refractivity (Wildman–Crippen MR) is 298 cm³/mol. The number of carboxylic acid groups (broad SMARTS) is 1. The molecule has 0 amide bonds. The highest BCUT2D eigenvalue weighted by atomic mass is 16.8. The molecular formula is C61H92O28. The quantitative estimate of drug-likeness (QED) is 0.0210. The second kappa shape index (κ2) is 25.9. The number of hydrogen-bond donors (Lipinski definition) is 12. The van der Waals surface area contributed by atoms with Gasteiger partial charge in [0.1, 0.15) is 111 Å². The first-order valence-corrected chi connectivity index (χ1v) is 30.7. The monoisotopic (exact) mass is 1270 g/mol. The minimum absolute atomic E-state index is 0.0912. The molecule has 4 saturated heterocycles. The number of fused-ring (bicyclic) bond motifs is 7. The van der Waals surface area contributed by atoms with Gasteiger partial charge in [0, 0.05) is 24.8 Å². The number of ether oxygens (including phenoxy) is 11. The lowest BCUT2D eigenvalue weighted by Crippen LogP contribution is -2.72. The molecule has 0 bridgehead atoms. The standard InChI is InChI=1S/C61H92O28/c1-11-25(2)51(78)89-49-48(75)61(24-81-26(3)64)29(18-56(49,5)6)28-12-13-34-57(7)16-15-35(58(8,23-63)33(57)14-17-59(34,9)60(28,10)19-36(61)82-27(4)65)84-55-47(88-53-42(73)40(71)39(70)32(20-62)83-53)44(43(74)45(86-55)50(76)77)85-54-46(38(69)31(67)22-80-54)87-52-41(72)37(68)30(66)21-79-52/h11-12,23,29-49,52-55,62,66-75H,13-22,24H2,1-10H3,(H,76,77)/b25-11+/t29-,30+,31-,32+,33+,34+,35-,36+,37-,38-,39-,40-,41+,42+,43-,44-,45-,46?,47+,48-,49-,52-,53-,54-,55?,57-,58-,59+,60+,61-/m0/s1. The van der Waals surface area contributed by atoms with E-state index in [9.17, 15) is 85.3 Å². The average Bonchev–Trinajstić information content (AvgIpc) is 0.693. The number of allylic oxidation sites excluding steroid dienone is 3. The Morgan fingerprint density at radius 1 is 0.652 bits per heavy atom. The SMILES string of the molecule is C/C=C(\C)C(=O)O[C@H]1[C@H](O)[C@]2(COC(C)=O)[C@H](OC(C)=O)C[C@]3(C)C(=CC[C@@H]4[C@@]5(C)CC[C@H](OC6O[C@H](C(=O)O)[C@@H](O)[C@H](O[C@@H]7OC[C@H](O)[C@H](O)C7O[C@@H]7OC[C@@H](O)[C@H](O)[C@H]7O)[C@H]6O[C@@H]6O[C@H](CO)[C@H](O)[C@H](O)[C@H]6O)[C@@](C)(C=O)[C@@H]5CC[C@]43C)[C@@H]2CC1(C)C. The number of rotatable bonds is 16. The van der Waals surface area contributed by atoms with Crippen molar-refractivity contribution >= 4 is 30.2 Å². The Balaban J connectivity index is 1.07. The van der Waals surface area contributed by atoms with Crippen molar-refractivity contribution < 1.29 is 137 Å². The van der Waals surface area contributed by atoms with Gasteiger partial charge < -0.3 is 118 Å². The summed E-state index contributed by atoms with van der Waals surface area (Å²) in [5, 5.41) is 132. The fourth-order valence-corrected chi connectivity index (χ4v) is 17.2. The number of aldehydes is 1. The van der Waals surface area contributed by atoms with E-state index < -0.39 is 223 Å². The van der Waals surface area contributed by atoms with Gasteiger partial charge in [-0.25, -0.2) is 9.59 Å². The normalized spacial score (nSPS) is 49.7. The Labute approximate surface area is 515 Å². The lowest BCUT2D eigenvalue weighted by Gasteiger charge is -2.72. The van der Waals surface area contributed by atoms with Crippen LogP contribution in [0.15, 0.2) is 23.3 Å². The second-order valence-electron chi connectivity index (χ2n) is 27.9. The van der Waals surface area contributed by atoms with Gasteiger partial charge in [-0.1, -0.05) is 59.3 Å². The number of hydrogen-bond acceptors (Lipinski definition) is 27. The maximum absolute atomic E-state index is 14.3. The third kappa shape index (κ3) is 11.9. The second-order valence-corrected chi connectivity index (χ2v) is 27.9. The Morgan fingerprint density at radius 2 is 1.28 bits per heavy atom. The van der Waals surface area contributed by atoms with Crippen molar-refractivity contribution in [1.29, 1.82) is 0 Å². The lowest BCUT2D eigenvalue weighted by atomic mass is 9.33. The van der Waals surface area contributed by atoms with Crippen LogP contribution in [0, 0.1) is 50.2 Å². The first kappa shape index (κ1) is 69.6. The highest BCUT2D eigenvalue weighted by Gasteiger charge is 2.75. The summed E-state index contributed by atoms with van der Waals surface area (Å²) in [6.07, 6.45) is -32.9. The number of aliphatic hydroxyl groups excluding tert-OH is 11. The number of carbonyl (C=O) groups is 5. The van der Waals surface area contributed by atoms with Gasteiger partial charge in [-0.2, -0.15) is 0 Å². The molecule has 0 radical (unpaired) electrons. The van der Waals surface area contributed by atoms with E-state index >= 15 is 0 Å². The van der Waals surface area contributed by atoms with Gasteiger partial charge >= 0.3 is 23.9 Å². The molecular weight excluding hydrogens is 1180 g/mol. The summed E-state index contributed by atoms with van der Waals surface area (Å²) in [6.45, 7) is 15.3. The predicted octanol–water partition coefficient (Wildman–Crippen LogP) is -1.44. The molecule has 9 aliphatic rings. The summed E-state index contributed by atoms with van der Waals surface area (Å²) in [6, 6.07) is 0. The van der Waals surface area contributed by atoms with Crippen LogP contribution in [0.4, 0.5) is 0 Å². The average molecular weight is 1270 g/mol. The van der Waals surface area contributed by atoms with Gasteiger partial charge in [0.15, 0.2) is 31.3 Å². The molecule has 4 heterocycles. The van der Waals surface area contributed by atoms with Crippen LogP contribution in [0.25, 0.3) is 0 Å². The smallest absolute Gasteiger partial charge is 0.335 e. The summed E-state index contributed by atoms with van der Waals surface area (Å²) >= 11 is 0. The largest absolute Gasteiger partial charge is 0.479 e. The van der Waals surface area contributed by atoms with Crippen molar-refractivity contribution in [3.05, 3.63) is 23.3 Å². The van der Waals surface area contributed by atoms with Crippen molar-refractivity contribution in [3.63, 3.8) is 0 Å². The molecule has 12 N–H and O–H groups in total. The summed E-state index contributed by atoms with van der Waals surface area (Å²) in [4.78, 5) is 67.1. The van der Waals surface area contributed by atoms with Crippen LogP contribution < -0.4 is 0 Å². The molecule has 5 aliphatic carbocycles. The first-order chi connectivity index (χ1) is 41.6. The number of carboxylic acids is 1. The Kier molecular flexibility index (Phi) is 20.2. The topological polar surface area (TPSA) is 430 Å². The van der Waals surface area contributed by atoms with Crippen LogP contribution in [0.1, 0.15) is 114 Å². The molecule has 0 aromatic carbocycles. The lowest BCUT2D eigenvalue weighted by molar-refractivity contribution is -0.398. The molecule has 504 valence electrons. The zero-order chi connectivity index (χ0) is 65.6. The van der Waals surface area contributed by atoms with E-state index in [1.165, 1.54) is 13.8 Å². The molecule has 9 rings (SSSR count). The van der Waals surface area contributed by atoms with E-state index in [-0.39, 0.29) is 25.4 Å². The van der Waals surface area contributed by atoms with Crippen LogP contribution >= 0.6 is 0 Å². The van der Waals surface area contributed by atoms with Gasteiger partial charge in [-0.05, 0) is 92.8 Å². The molecule has 4 aliphatic heterocycles. The van der Waals surface area contributed by atoms with E-state index in [0.29, 0.717) is 37.7 Å². The van der Waals surface area contributed by atoms with Crippen LogP contribution in [0.2, 0.25) is 0 Å². The number of aliphatic hydroxyl groups is 11. The van der Waals surface area contributed by atoms with Gasteiger partial charge in [0.25, 0.3) is 0 Å². The third-order valence-corrected chi connectivity index (χ3v) is 22.5. The van der Waals surface area contributed by atoms with Gasteiger partial charge in [0.05, 0.1) is 36.8 Å². The van der Waals surface area contributed by atoms with Crippen LogP contribution in [0.3, 0.4) is 0 Å². The van der Waals surface area contributed by atoms with Crippen LogP contribution in [0.5, 0.6) is 0 Å². The molecule has 0 aromatic heterocycles. The highest BCUT2D eigenvalue weighted by Crippen LogP contribution is 2.76. The van der Waals surface area contributed by atoms with Crippen molar-refractivity contribution in [2.45, 2.75) is 249 Å².